The molecule has 0 amide bonds. The van der Waals surface area contributed by atoms with E-state index in [0.29, 0.717) is 5.92 Å². The van der Waals surface area contributed by atoms with Gasteiger partial charge in [0.25, 0.3) is 0 Å². The molecule has 5 nitrogen and oxygen atoms in total. The van der Waals surface area contributed by atoms with Crippen LogP contribution >= 0.6 is 0 Å². The van der Waals surface area contributed by atoms with E-state index < -0.39 is 16.0 Å². The number of esters is 1. The van der Waals surface area contributed by atoms with E-state index in [9.17, 15) is 13.2 Å². The maximum Gasteiger partial charge on any atom is 0.337 e. The molecule has 0 aliphatic rings. The third kappa shape index (κ3) is 5.47. The van der Waals surface area contributed by atoms with E-state index >= 15 is 0 Å². The Morgan fingerprint density at radius 2 is 1.90 bits per heavy atom. The van der Waals surface area contributed by atoms with Crippen molar-refractivity contribution in [2.75, 3.05) is 7.11 Å². The predicted octanol–water partition coefficient (Wildman–Crippen LogP) is 2.58. The van der Waals surface area contributed by atoms with E-state index in [4.69, 9.17) is 0 Å². The molecule has 0 bridgehead atoms. The SMILES string of the molecule is COC(=O)c1cccc(S(=O)(=O)NC(C)CCC(C)C)c1. The van der Waals surface area contributed by atoms with Crippen molar-refractivity contribution < 1.29 is 17.9 Å². The van der Waals surface area contributed by atoms with Crippen molar-refractivity contribution in [3.8, 4) is 0 Å². The van der Waals surface area contributed by atoms with Crippen molar-refractivity contribution in [3.63, 3.8) is 0 Å². The molecule has 1 N–H and O–H groups in total. The minimum Gasteiger partial charge on any atom is -0.465 e. The summed E-state index contributed by atoms with van der Waals surface area (Å²) in [4.78, 5) is 11.5. The summed E-state index contributed by atoms with van der Waals surface area (Å²) in [6, 6.07) is 5.68. The minimum absolute atomic E-state index is 0.0711. The Balaban J connectivity index is 2.85. The van der Waals surface area contributed by atoms with Crippen LogP contribution in [0.3, 0.4) is 0 Å². The Bertz CT molecular complexity index is 581. The smallest absolute Gasteiger partial charge is 0.337 e. The van der Waals surface area contributed by atoms with Gasteiger partial charge in [0.05, 0.1) is 17.6 Å². The molecule has 0 aromatic heterocycles. The van der Waals surface area contributed by atoms with Crippen molar-refractivity contribution >= 4 is 16.0 Å². The first-order valence-corrected chi connectivity index (χ1v) is 8.45. The normalized spacial score (nSPS) is 13.2. The molecule has 0 aliphatic carbocycles. The predicted molar refractivity (Wildman–Crippen MR) is 81.6 cm³/mol. The van der Waals surface area contributed by atoms with E-state index in [2.05, 4.69) is 23.3 Å². The second kappa shape index (κ2) is 7.56. The molecule has 0 radical (unpaired) electrons. The average Bonchev–Trinajstić information content (AvgIpc) is 2.44. The lowest BCUT2D eigenvalue weighted by molar-refractivity contribution is 0.0600. The Kier molecular flexibility index (Phi) is 6.36. The van der Waals surface area contributed by atoms with Gasteiger partial charge in [0.1, 0.15) is 0 Å². The Morgan fingerprint density at radius 3 is 2.48 bits per heavy atom. The van der Waals surface area contributed by atoms with Crippen LogP contribution in [-0.2, 0) is 14.8 Å². The molecule has 21 heavy (non-hydrogen) atoms. The fourth-order valence-corrected chi connectivity index (χ4v) is 3.21. The topological polar surface area (TPSA) is 72.5 Å². The summed E-state index contributed by atoms with van der Waals surface area (Å²) < 4.78 is 31.8. The van der Waals surface area contributed by atoms with Crippen molar-refractivity contribution in [3.05, 3.63) is 29.8 Å². The summed E-state index contributed by atoms with van der Waals surface area (Å²) >= 11 is 0. The monoisotopic (exact) mass is 313 g/mol. The lowest BCUT2D eigenvalue weighted by Crippen LogP contribution is -2.32. The minimum atomic E-state index is -3.63. The molecule has 1 aromatic rings. The van der Waals surface area contributed by atoms with E-state index in [0.717, 1.165) is 12.8 Å². The number of carbonyl (C=O) groups is 1. The van der Waals surface area contributed by atoms with Crippen LogP contribution in [0.25, 0.3) is 0 Å². The Morgan fingerprint density at radius 1 is 1.24 bits per heavy atom. The lowest BCUT2D eigenvalue weighted by Gasteiger charge is -2.15. The highest BCUT2D eigenvalue weighted by Gasteiger charge is 2.19. The van der Waals surface area contributed by atoms with Gasteiger partial charge in [-0.2, -0.15) is 0 Å². The Labute approximate surface area is 126 Å². The summed E-state index contributed by atoms with van der Waals surface area (Å²) in [6.07, 6.45) is 1.72. The molecule has 0 heterocycles. The van der Waals surface area contributed by atoms with Gasteiger partial charge in [0.15, 0.2) is 0 Å². The lowest BCUT2D eigenvalue weighted by atomic mass is 10.1. The molecule has 0 spiro atoms. The van der Waals surface area contributed by atoms with Gasteiger partial charge in [-0.1, -0.05) is 19.9 Å². The van der Waals surface area contributed by atoms with Crippen molar-refractivity contribution in [1.29, 1.82) is 0 Å². The zero-order valence-electron chi connectivity index (χ0n) is 12.9. The number of carbonyl (C=O) groups excluding carboxylic acids is 1. The number of ether oxygens (including phenoxy) is 1. The molecule has 0 saturated carbocycles. The molecular formula is C15H23NO4S. The van der Waals surface area contributed by atoms with Crippen LogP contribution in [0.5, 0.6) is 0 Å². The van der Waals surface area contributed by atoms with Crippen LogP contribution in [-0.4, -0.2) is 27.5 Å². The third-order valence-electron chi connectivity index (χ3n) is 3.10. The molecule has 0 fully saturated rings. The molecule has 1 atom stereocenters. The molecule has 1 rings (SSSR count). The highest BCUT2D eigenvalue weighted by molar-refractivity contribution is 7.89. The molecule has 118 valence electrons. The second-order valence-corrected chi connectivity index (χ2v) is 7.23. The molecule has 1 unspecified atom stereocenters. The van der Waals surface area contributed by atoms with Crippen LogP contribution in [0.1, 0.15) is 44.0 Å². The molecule has 6 heteroatoms. The number of hydrogen-bond acceptors (Lipinski definition) is 4. The number of benzene rings is 1. The molecule has 1 aromatic carbocycles. The molecule has 0 aliphatic heterocycles. The van der Waals surface area contributed by atoms with Gasteiger partial charge in [-0.05, 0) is 43.9 Å². The highest BCUT2D eigenvalue weighted by Crippen LogP contribution is 2.14. The van der Waals surface area contributed by atoms with Crippen LogP contribution in [0.2, 0.25) is 0 Å². The number of rotatable bonds is 7. The quantitative estimate of drug-likeness (QED) is 0.785. The number of methoxy groups -OCH3 is 1. The van der Waals surface area contributed by atoms with Crippen LogP contribution in [0, 0.1) is 5.92 Å². The Hall–Kier alpha value is -1.40. The fraction of sp³-hybridized carbons (Fsp3) is 0.533. The van der Waals surface area contributed by atoms with E-state index in [1.807, 2.05) is 6.92 Å². The van der Waals surface area contributed by atoms with Gasteiger partial charge in [0.2, 0.25) is 10.0 Å². The first kappa shape index (κ1) is 17.7. The van der Waals surface area contributed by atoms with Crippen molar-refractivity contribution in [2.24, 2.45) is 5.92 Å². The number of hydrogen-bond donors (Lipinski definition) is 1. The molecule has 0 saturated heterocycles. The van der Waals surface area contributed by atoms with Gasteiger partial charge in [-0.25, -0.2) is 17.9 Å². The first-order valence-electron chi connectivity index (χ1n) is 6.97. The summed E-state index contributed by atoms with van der Waals surface area (Å²) in [5, 5.41) is 0. The largest absolute Gasteiger partial charge is 0.465 e. The summed E-state index contributed by atoms with van der Waals surface area (Å²) in [6.45, 7) is 6.03. The van der Waals surface area contributed by atoms with Crippen LogP contribution < -0.4 is 4.72 Å². The van der Waals surface area contributed by atoms with Gasteiger partial charge in [-0.15, -0.1) is 0 Å². The number of nitrogens with one attached hydrogen (secondary N) is 1. The summed E-state index contributed by atoms with van der Waals surface area (Å²) in [5.41, 5.74) is 0.218. The van der Waals surface area contributed by atoms with Gasteiger partial charge >= 0.3 is 5.97 Å². The second-order valence-electron chi connectivity index (χ2n) is 5.51. The molecular weight excluding hydrogens is 290 g/mol. The summed E-state index contributed by atoms with van der Waals surface area (Å²) in [5.74, 6) is -0.0282. The van der Waals surface area contributed by atoms with Gasteiger partial charge < -0.3 is 4.74 Å². The maximum absolute atomic E-state index is 12.3. The van der Waals surface area contributed by atoms with E-state index in [-0.39, 0.29) is 16.5 Å². The fourth-order valence-electron chi connectivity index (χ4n) is 1.88. The zero-order chi connectivity index (χ0) is 16.0. The van der Waals surface area contributed by atoms with E-state index in [1.165, 1.54) is 31.4 Å². The van der Waals surface area contributed by atoms with Crippen molar-refractivity contribution in [1.82, 2.24) is 4.72 Å². The summed E-state index contributed by atoms with van der Waals surface area (Å²) in [7, 11) is -2.37. The van der Waals surface area contributed by atoms with Crippen LogP contribution in [0.4, 0.5) is 0 Å². The van der Waals surface area contributed by atoms with E-state index in [1.54, 1.807) is 0 Å². The highest BCUT2D eigenvalue weighted by atomic mass is 32.2. The average molecular weight is 313 g/mol. The number of sulfonamides is 1. The third-order valence-corrected chi connectivity index (χ3v) is 4.69. The van der Waals surface area contributed by atoms with Gasteiger partial charge in [-0.3, -0.25) is 0 Å². The maximum atomic E-state index is 12.3. The van der Waals surface area contributed by atoms with Crippen LogP contribution in [0.15, 0.2) is 29.2 Å². The van der Waals surface area contributed by atoms with Gasteiger partial charge in [0, 0.05) is 6.04 Å². The first-order chi connectivity index (χ1) is 9.76. The zero-order valence-corrected chi connectivity index (χ0v) is 13.7. The van der Waals surface area contributed by atoms with Crippen molar-refractivity contribution in [2.45, 2.75) is 44.6 Å². The standard InChI is InChI=1S/C15H23NO4S/c1-11(2)8-9-12(3)16-21(18,19)14-7-5-6-13(10-14)15(17)20-4/h5-7,10-12,16H,8-9H2,1-4H3.